The predicted octanol–water partition coefficient (Wildman–Crippen LogP) is 2.25. The minimum Gasteiger partial charge on any atom is -0.336 e. The van der Waals surface area contributed by atoms with Crippen LogP contribution in [0.15, 0.2) is 105 Å². The lowest BCUT2D eigenvalue weighted by Crippen LogP contribution is -2.32. The van der Waals surface area contributed by atoms with Gasteiger partial charge >= 0.3 is 12.1 Å². The Bertz CT molecular complexity index is 1830. The topological polar surface area (TPSA) is 173 Å². The Balaban J connectivity index is 1.38. The first-order chi connectivity index (χ1) is 20.5. The van der Waals surface area contributed by atoms with E-state index in [0.717, 1.165) is 0 Å². The fourth-order valence-corrected chi connectivity index (χ4v) is 4.42. The molecule has 0 fully saturated rings. The molecule has 0 bridgehead atoms. The fraction of sp³-hybridized carbons (Fsp3) is 0.133. The highest BCUT2D eigenvalue weighted by Crippen LogP contribution is 2.07. The molecular formula is C30H28N8O4. The maximum absolute atomic E-state index is 13.5. The van der Waals surface area contributed by atoms with Crippen molar-refractivity contribution in [2.45, 2.75) is 0 Å². The molecule has 12 heteroatoms. The molecule has 12 nitrogen and oxygen atoms in total. The predicted molar refractivity (Wildman–Crippen MR) is 162 cm³/mol. The summed E-state index contributed by atoms with van der Waals surface area (Å²) in [6.07, 6.45) is 2.88. The molecule has 4 amide bonds. The summed E-state index contributed by atoms with van der Waals surface area (Å²) in [6, 6.07) is 20.5. The van der Waals surface area contributed by atoms with Crippen molar-refractivity contribution in [3.8, 4) is 0 Å². The molecule has 212 valence electrons. The lowest BCUT2D eigenvalue weighted by atomic mass is 10.0. The maximum Gasteiger partial charge on any atom is 0.319 e. The van der Waals surface area contributed by atoms with Crippen molar-refractivity contribution in [2.24, 2.45) is 9.98 Å². The van der Waals surface area contributed by atoms with Crippen molar-refractivity contribution < 1.29 is 9.59 Å². The Morgan fingerprint density at radius 3 is 1.40 bits per heavy atom. The molecule has 0 saturated carbocycles. The third-order valence-electron chi connectivity index (χ3n) is 6.33. The Hall–Kier alpha value is -5.78. The number of nitrogens with zero attached hydrogens (tertiary/aromatic N) is 2. The van der Waals surface area contributed by atoms with Crippen LogP contribution in [0.4, 0.5) is 21.0 Å². The van der Waals surface area contributed by atoms with Crippen LogP contribution in [0, 0.1) is 0 Å². The Morgan fingerprint density at radius 2 is 1.00 bits per heavy atom. The first kappa shape index (κ1) is 27.8. The molecule has 4 aromatic carbocycles. The van der Waals surface area contributed by atoms with Crippen LogP contribution in [0.2, 0.25) is 0 Å². The standard InChI is InChI=1S/C30H28N8O4/c39-27-21-17-35-36-18-22(21)28(40)26-24(32-14-16-34-30(42)38-20-9-5-2-6-10-20)12-11-23(25(26)27)31-13-15-33-29(41)37-19-7-3-1-4-8-19/h1-12,17-18,35-36H,13-16H2,(H2,33,37,41)(H2,34,38,42). The summed E-state index contributed by atoms with van der Waals surface area (Å²) in [5, 5.41) is 17.8. The summed E-state index contributed by atoms with van der Waals surface area (Å²) >= 11 is 0. The number of carbonyl (C=O) groups is 2. The molecule has 0 radical (unpaired) electrons. The van der Waals surface area contributed by atoms with E-state index >= 15 is 0 Å². The molecule has 5 rings (SSSR count). The molecule has 1 aromatic heterocycles. The molecule has 5 aromatic rings. The van der Waals surface area contributed by atoms with Gasteiger partial charge in [0, 0.05) is 36.9 Å². The molecule has 0 aliphatic carbocycles. The van der Waals surface area contributed by atoms with Crippen molar-refractivity contribution in [3.05, 3.63) is 116 Å². The highest BCUT2D eigenvalue weighted by atomic mass is 16.2. The lowest BCUT2D eigenvalue weighted by molar-refractivity contribution is 0.251. The first-order valence-corrected chi connectivity index (χ1v) is 13.2. The van der Waals surface area contributed by atoms with Gasteiger partial charge in [-0.3, -0.25) is 19.6 Å². The van der Waals surface area contributed by atoms with Crippen molar-refractivity contribution in [1.29, 1.82) is 0 Å². The van der Waals surface area contributed by atoms with Gasteiger partial charge < -0.3 is 31.5 Å². The van der Waals surface area contributed by atoms with E-state index in [0.29, 0.717) is 22.1 Å². The summed E-state index contributed by atoms with van der Waals surface area (Å²) in [5.74, 6) is 0. The van der Waals surface area contributed by atoms with Gasteiger partial charge in [0.25, 0.3) is 0 Å². The van der Waals surface area contributed by atoms with Gasteiger partial charge in [-0.2, -0.15) is 0 Å². The molecule has 0 aliphatic heterocycles. The number of amides is 4. The number of carbonyl (C=O) groups excluding carboxylic acids is 2. The van der Waals surface area contributed by atoms with Crippen molar-refractivity contribution in [2.75, 3.05) is 36.8 Å². The molecule has 42 heavy (non-hydrogen) atoms. The third kappa shape index (κ3) is 6.50. The zero-order chi connectivity index (χ0) is 29.3. The number of rotatable bonds is 8. The average molecular weight is 565 g/mol. The SMILES string of the molecule is O=C(NCCN=c1ccc(=NCCNC(=O)Nc2ccccc2)c2c(=O)c3c[nH][nH]cc3c(=O)c12)Nc1ccccc1. The summed E-state index contributed by atoms with van der Waals surface area (Å²) in [4.78, 5) is 60.5. The Kier molecular flexibility index (Phi) is 8.63. The number of nitrogens with one attached hydrogen (secondary N) is 6. The quantitative estimate of drug-likeness (QED) is 0.125. The van der Waals surface area contributed by atoms with E-state index < -0.39 is 0 Å². The van der Waals surface area contributed by atoms with Gasteiger partial charge in [-0.1, -0.05) is 36.4 Å². The summed E-state index contributed by atoms with van der Waals surface area (Å²) < 4.78 is 0. The molecular weight excluding hydrogens is 536 g/mol. The van der Waals surface area contributed by atoms with Crippen LogP contribution in [0.25, 0.3) is 21.5 Å². The molecule has 1 heterocycles. The third-order valence-corrected chi connectivity index (χ3v) is 6.33. The number of fused-ring (bicyclic) bond motifs is 2. The van der Waals surface area contributed by atoms with Crippen LogP contribution >= 0.6 is 0 Å². The van der Waals surface area contributed by atoms with E-state index in [1.807, 2.05) is 36.4 Å². The second-order valence-electron chi connectivity index (χ2n) is 9.17. The van der Waals surface area contributed by atoms with Crippen LogP contribution in [0.1, 0.15) is 0 Å². The smallest absolute Gasteiger partial charge is 0.319 e. The Labute approximate surface area is 238 Å². The van der Waals surface area contributed by atoms with Crippen molar-refractivity contribution >= 4 is 45.0 Å². The number of aromatic amines is 2. The second-order valence-corrected chi connectivity index (χ2v) is 9.17. The van der Waals surface area contributed by atoms with Gasteiger partial charge in [0.1, 0.15) is 0 Å². The molecule has 0 atom stereocenters. The fourth-order valence-electron chi connectivity index (χ4n) is 4.42. The number of H-pyrrole nitrogens is 2. The van der Waals surface area contributed by atoms with E-state index in [-0.39, 0.29) is 70.6 Å². The van der Waals surface area contributed by atoms with Gasteiger partial charge in [0.2, 0.25) is 0 Å². The Morgan fingerprint density at radius 1 is 0.595 bits per heavy atom. The van der Waals surface area contributed by atoms with Gasteiger partial charge in [-0.15, -0.1) is 0 Å². The number of hydrogen-bond donors (Lipinski definition) is 6. The number of urea groups is 2. The van der Waals surface area contributed by atoms with Gasteiger partial charge in [0.05, 0.1) is 45.3 Å². The minimum absolute atomic E-state index is 0.150. The van der Waals surface area contributed by atoms with Gasteiger partial charge in [0.15, 0.2) is 10.9 Å². The van der Waals surface area contributed by atoms with E-state index in [4.69, 9.17) is 0 Å². The largest absolute Gasteiger partial charge is 0.336 e. The van der Waals surface area contributed by atoms with Crippen LogP contribution in [-0.4, -0.2) is 48.4 Å². The van der Waals surface area contributed by atoms with E-state index in [2.05, 4.69) is 41.4 Å². The zero-order valence-electron chi connectivity index (χ0n) is 22.4. The number of para-hydroxylation sites is 2. The summed E-state index contributed by atoms with van der Waals surface area (Å²) in [5.41, 5.74) is 0.583. The van der Waals surface area contributed by atoms with Crippen LogP contribution in [-0.2, 0) is 0 Å². The molecule has 0 unspecified atom stereocenters. The highest BCUT2D eigenvalue weighted by Gasteiger charge is 2.14. The monoisotopic (exact) mass is 564 g/mol. The number of aromatic nitrogens is 2. The average Bonchev–Trinajstić information content (AvgIpc) is 3.01. The van der Waals surface area contributed by atoms with E-state index in [9.17, 15) is 19.2 Å². The van der Waals surface area contributed by atoms with Crippen molar-refractivity contribution in [1.82, 2.24) is 20.8 Å². The van der Waals surface area contributed by atoms with Gasteiger partial charge in [-0.25, -0.2) is 9.59 Å². The van der Waals surface area contributed by atoms with Crippen LogP contribution in [0.5, 0.6) is 0 Å². The molecule has 6 N–H and O–H groups in total. The molecule has 0 spiro atoms. The molecule has 0 aliphatic rings. The summed E-state index contributed by atoms with van der Waals surface area (Å²) in [6.45, 7) is 0.763. The number of hydrogen-bond acceptors (Lipinski definition) is 6. The zero-order valence-corrected chi connectivity index (χ0v) is 22.4. The van der Waals surface area contributed by atoms with E-state index in [1.165, 1.54) is 12.4 Å². The highest BCUT2D eigenvalue weighted by molar-refractivity contribution is 5.96. The van der Waals surface area contributed by atoms with Crippen LogP contribution in [0.3, 0.4) is 0 Å². The van der Waals surface area contributed by atoms with Gasteiger partial charge in [-0.05, 0) is 36.4 Å². The molecule has 0 saturated heterocycles. The maximum atomic E-state index is 13.5. The van der Waals surface area contributed by atoms with Crippen molar-refractivity contribution in [3.63, 3.8) is 0 Å². The number of anilines is 2. The lowest BCUT2D eigenvalue weighted by Gasteiger charge is -2.07. The van der Waals surface area contributed by atoms with Crippen LogP contribution < -0.4 is 42.8 Å². The normalized spacial score (nSPS) is 11.9. The second kappa shape index (κ2) is 13.0. The summed E-state index contributed by atoms with van der Waals surface area (Å²) in [7, 11) is 0. The minimum atomic E-state index is -0.384. The first-order valence-electron chi connectivity index (χ1n) is 13.2. The number of benzene rings is 4. The van der Waals surface area contributed by atoms with E-state index in [1.54, 1.807) is 36.4 Å².